The fraction of sp³-hybridized carbons (Fsp3) is 0.500. The third kappa shape index (κ3) is 2.34. The molecule has 0 aromatic rings. The smallest absolute Gasteiger partial charge is 0.0427 e. The zero-order valence-electron chi connectivity index (χ0n) is 7.30. The van der Waals surface area contributed by atoms with Gasteiger partial charge in [-0.25, -0.2) is 0 Å². The van der Waals surface area contributed by atoms with Crippen LogP contribution in [-0.2, 0) is 0 Å². The molecule has 0 aliphatic carbocycles. The van der Waals surface area contributed by atoms with E-state index in [1.165, 1.54) is 11.3 Å². The summed E-state index contributed by atoms with van der Waals surface area (Å²) in [5.41, 5.74) is 2.49. The number of hydrogen-bond donors (Lipinski definition) is 0. The molecule has 0 aromatic carbocycles. The number of aliphatic imine (C=N–C) groups is 1. The third-order valence-electron chi connectivity index (χ3n) is 1.79. The van der Waals surface area contributed by atoms with Crippen molar-refractivity contribution in [1.29, 1.82) is 0 Å². The van der Waals surface area contributed by atoms with Crippen LogP contribution in [0.1, 0.15) is 26.7 Å². The highest BCUT2D eigenvalue weighted by Gasteiger charge is 2.00. The fourth-order valence-electron chi connectivity index (χ4n) is 1.12. The molecule has 1 heteroatoms. The van der Waals surface area contributed by atoms with Crippen LogP contribution in [0.25, 0.3) is 0 Å². The maximum absolute atomic E-state index is 4.36. The first kappa shape index (κ1) is 8.25. The molecule has 1 nitrogen and oxygen atoms in total. The number of rotatable bonds is 2. The van der Waals surface area contributed by atoms with Gasteiger partial charge in [0.15, 0.2) is 0 Å². The van der Waals surface area contributed by atoms with Crippen molar-refractivity contribution in [1.82, 2.24) is 0 Å². The zero-order valence-corrected chi connectivity index (χ0v) is 7.30. The Morgan fingerprint density at radius 3 is 3.09 bits per heavy atom. The average Bonchev–Trinajstić information content (AvgIpc) is 2.03. The molecule has 0 radical (unpaired) electrons. The van der Waals surface area contributed by atoms with E-state index < -0.39 is 0 Å². The van der Waals surface area contributed by atoms with E-state index in [-0.39, 0.29) is 0 Å². The van der Waals surface area contributed by atoms with Crippen LogP contribution in [0.5, 0.6) is 0 Å². The van der Waals surface area contributed by atoms with Gasteiger partial charge in [0.2, 0.25) is 0 Å². The molecule has 0 amide bonds. The molecule has 0 saturated heterocycles. The third-order valence-corrected chi connectivity index (χ3v) is 1.79. The Morgan fingerprint density at radius 1 is 1.64 bits per heavy atom. The second-order valence-corrected chi connectivity index (χ2v) is 2.73. The van der Waals surface area contributed by atoms with Crippen molar-refractivity contribution >= 4 is 5.71 Å². The van der Waals surface area contributed by atoms with Gasteiger partial charge in [0.05, 0.1) is 0 Å². The van der Waals surface area contributed by atoms with Crippen LogP contribution < -0.4 is 0 Å². The molecule has 0 fully saturated rings. The molecule has 0 spiro atoms. The number of nitrogens with zero attached hydrogens (tertiary/aromatic N) is 1. The lowest BCUT2D eigenvalue weighted by atomic mass is 10.1. The minimum atomic E-state index is 0.968. The Balaban J connectivity index is 2.63. The van der Waals surface area contributed by atoms with Crippen molar-refractivity contribution in [2.24, 2.45) is 4.99 Å². The van der Waals surface area contributed by atoms with Gasteiger partial charge in [0.1, 0.15) is 0 Å². The van der Waals surface area contributed by atoms with Gasteiger partial charge < -0.3 is 0 Å². The largest absolute Gasteiger partial charge is 0.289 e. The van der Waals surface area contributed by atoms with Crippen molar-refractivity contribution in [3.05, 3.63) is 23.8 Å². The Kier molecular flexibility index (Phi) is 3.09. The van der Waals surface area contributed by atoms with Gasteiger partial charge in [-0.2, -0.15) is 0 Å². The summed E-state index contributed by atoms with van der Waals surface area (Å²) >= 11 is 0. The highest BCUT2D eigenvalue weighted by Crippen LogP contribution is 2.08. The topological polar surface area (TPSA) is 12.4 Å². The molecule has 60 valence electrons. The molecule has 1 aliphatic heterocycles. The fourth-order valence-corrected chi connectivity index (χ4v) is 1.12. The molecule has 1 heterocycles. The molecule has 0 aromatic heterocycles. The first-order valence-electron chi connectivity index (χ1n) is 4.22. The van der Waals surface area contributed by atoms with Gasteiger partial charge in [-0.3, -0.25) is 4.99 Å². The quantitative estimate of drug-likeness (QED) is 0.572. The van der Waals surface area contributed by atoms with Gasteiger partial charge >= 0.3 is 0 Å². The molecule has 1 rings (SSSR count). The summed E-state index contributed by atoms with van der Waals surface area (Å²) in [6.07, 6.45) is 8.80. The predicted octanol–water partition coefficient (Wildman–Crippen LogP) is 2.74. The van der Waals surface area contributed by atoms with Gasteiger partial charge in [-0.15, -0.1) is 0 Å². The molecule has 0 unspecified atom stereocenters. The van der Waals surface area contributed by atoms with Gasteiger partial charge in [0.25, 0.3) is 0 Å². The molecular formula is C10H15N. The van der Waals surface area contributed by atoms with Crippen LogP contribution in [0.2, 0.25) is 0 Å². The van der Waals surface area contributed by atoms with E-state index in [0.717, 1.165) is 19.4 Å². The van der Waals surface area contributed by atoms with Gasteiger partial charge in [-0.05, 0) is 25.3 Å². The Bertz CT molecular complexity index is 209. The van der Waals surface area contributed by atoms with E-state index >= 15 is 0 Å². The molecule has 11 heavy (non-hydrogen) atoms. The molecule has 0 bridgehead atoms. The average molecular weight is 149 g/mol. The first-order valence-corrected chi connectivity index (χ1v) is 4.22. The second-order valence-electron chi connectivity index (χ2n) is 2.73. The summed E-state index contributed by atoms with van der Waals surface area (Å²) in [4.78, 5) is 4.36. The monoisotopic (exact) mass is 149 g/mol. The molecule has 1 aliphatic rings. The summed E-state index contributed by atoms with van der Waals surface area (Å²) in [5, 5.41) is 0. The lowest BCUT2D eigenvalue weighted by Crippen LogP contribution is -2.01. The van der Waals surface area contributed by atoms with E-state index in [4.69, 9.17) is 0 Å². The summed E-state index contributed by atoms with van der Waals surface area (Å²) in [6, 6.07) is 0. The van der Waals surface area contributed by atoms with E-state index in [9.17, 15) is 0 Å². The van der Waals surface area contributed by atoms with Gasteiger partial charge in [-0.1, -0.05) is 25.2 Å². The Hall–Kier alpha value is -0.850. The molecular weight excluding hydrogens is 134 g/mol. The highest BCUT2D eigenvalue weighted by atomic mass is 14.7. The van der Waals surface area contributed by atoms with E-state index in [2.05, 4.69) is 37.1 Å². The highest BCUT2D eigenvalue weighted by molar-refractivity contribution is 6.01. The van der Waals surface area contributed by atoms with Crippen LogP contribution in [0.3, 0.4) is 0 Å². The van der Waals surface area contributed by atoms with E-state index in [1.54, 1.807) is 0 Å². The van der Waals surface area contributed by atoms with E-state index in [0.29, 0.717) is 0 Å². The van der Waals surface area contributed by atoms with Crippen LogP contribution >= 0.6 is 0 Å². The minimum Gasteiger partial charge on any atom is -0.289 e. The SMILES string of the molecule is CC/C=C\C1=CCCN=C1C. The predicted molar refractivity (Wildman–Crippen MR) is 50.1 cm³/mol. The lowest BCUT2D eigenvalue weighted by Gasteiger charge is -2.06. The molecule has 0 atom stereocenters. The van der Waals surface area contributed by atoms with Crippen LogP contribution in [-0.4, -0.2) is 12.3 Å². The summed E-state index contributed by atoms with van der Waals surface area (Å²) in [7, 11) is 0. The number of hydrogen-bond acceptors (Lipinski definition) is 1. The van der Waals surface area contributed by atoms with Crippen LogP contribution in [0.4, 0.5) is 0 Å². The summed E-state index contributed by atoms with van der Waals surface area (Å²) in [5.74, 6) is 0. The Labute approximate surface area is 68.5 Å². The van der Waals surface area contributed by atoms with Crippen LogP contribution in [0.15, 0.2) is 28.8 Å². The van der Waals surface area contributed by atoms with Gasteiger partial charge in [0, 0.05) is 12.3 Å². The van der Waals surface area contributed by atoms with Crippen molar-refractivity contribution < 1.29 is 0 Å². The second kappa shape index (κ2) is 4.12. The summed E-state index contributed by atoms with van der Waals surface area (Å²) < 4.78 is 0. The van der Waals surface area contributed by atoms with Crippen molar-refractivity contribution in [2.75, 3.05) is 6.54 Å². The van der Waals surface area contributed by atoms with Crippen molar-refractivity contribution in [3.8, 4) is 0 Å². The number of dihydropyridines is 1. The lowest BCUT2D eigenvalue weighted by molar-refractivity contribution is 0.982. The Morgan fingerprint density at radius 2 is 2.45 bits per heavy atom. The van der Waals surface area contributed by atoms with Crippen LogP contribution in [0, 0.1) is 0 Å². The van der Waals surface area contributed by atoms with E-state index in [1.807, 2.05) is 0 Å². The maximum atomic E-state index is 4.36. The minimum absolute atomic E-state index is 0.968. The normalized spacial score (nSPS) is 18.4. The zero-order chi connectivity index (χ0) is 8.10. The standard InChI is InChI=1S/C10H15N/c1-3-4-6-10-7-5-8-11-9(10)2/h4,6-7H,3,5,8H2,1-2H3/b6-4-. The number of allylic oxidation sites excluding steroid dienone is 3. The van der Waals surface area contributed by atoms with Crippen molar-refractivity contribution in [3.63, 3.8) is 0 Å². The summed E-state index contributed by atoms with van der Waals surface area (Å²) in [6.45, 7) is 5.19. The first-order chi connectivity index (χ1) is 5.34. The molecule has 0 saturated carbocycles. The van der Waals surface area contributed by atoms with Crippen molar-refractivity contribution in [2.45, 2.75) is 26.7 Å². The maximum Gasteiger partial charge on any atom is 0.0427 e. The molecule has 0 N–H and O–H groups in total.